The van der Waals surface area contributed by atoms with Crippen LogP contribution in [0.4, 0.5) is 17.2 Å². The highest BCUT2D eigenvalue weighted by Crippen LogP contribution is 2.25. The second-order valence-electron chi connectivity index (χ2n) is 3.07. The van der Waals surface area contributed by atoms with E-state index in [1.165, 1.54) is 0 Å². The Morgan fingerprint density at radius 2 is 2.07 bits per heavy atom. The van der Waals surface area contributed by atoms with E-state index >= 15 is 0 Å². The monoisotopic (exact) mass is 263 g/mol. The first-order valence-corrected chi connectivity index (χ1v) is 5.28. The minimum absolute atomic E-state index is 0.690. The van der Waals surface area contributed by atoms with E-state index in [4.69, 9.17) is 5.73 Å². The SMILES string of the molecule is Nc1cc(Br)ccc1Nc1ccccn1. The summed E-state index contributed by atoms with van der Waals surface area (Å²) >= 11 is 3.36. The van der Waals surface area contributed by atoms with Crippen molar-refractivity contribution in [2.45, 2.75) is 0 Å². The molecule has 0 radical (unpaired) electrons. The molecule has 0 amide bonds. The standard InChI is InChI=1S/C11H10BrN3/c12-8-4-5-10(9(13)7-8)15-11-3-1-2-6-14-11/h1-7H,13H2,(H,14,15). The first-order chi connectivity index (χ1) is 7.25. The molecule has 3 N–H and O–H groups in total. The fourth-order valence-corrected chi connectivity index (χ4v) is 1.60. The first kappa shape index (κ1) is 9.98. The van der Waals surface area contributed by atoms with E-state index in [-0.39, 0.29) is 0 Å². The zero-order valence-corrected chi connectivity index (χ0v) is 9.53. The van der Waals surface area contributed by atoms with Gasteiger partial charge in [0, 0.05) is 10.7 Å². The van der Waals surface area contributed by atoms with Gasteiger partial charge < -0.3 is 11.1 Å². The van der Waals surface area contributed by atoms with Crippen molar-refractivity contribution >= 4 is 33.1 Å². The van der Waals surface area contributed by atoms with Gasteiger partial charge >= 0.3 is 0 Å². The molecule has 0 saturated carbocycles. The van der Waals surface area contributed by atoms with Gasteiger partial charge in [0.2, 0.25) is 0 Å². The van der Waals surface area contributed by atoms with Crippen LogP contribution < -0.4 is 11.1 Å². The maximum atomic E-state index is 5.85. The summed E-state index contributed by atoms with van der Waals surface area (Å²) in [6, 6.07) is 11.4. The predicted molar refractivity (Wildman–Crippen MR) is 66.1 cm³/mol. The van der Waals surface area contributed by atoms with Gasteiger partial charge in [0.05, 0.1) is 11.4 Å². The Morgan fingerprint density at radius 3 is 2.73 bits per heavy atom. The molecule has 0 fully saturated rings. The normalized spacial score (nSPS) is 9.93. The Labute approximate surface area is 96.5 Å². The lowest BCUT2D eigenvalue weighted by molar-refractivity contribution is 1.31. The van der Waals surface area contributed by atoms with Gasteiger partial charge in [-0.3, -0.25) is 0 Å². The Kier molecular flexibility index (Phi) is 2.87. The Hall–Kier alpha value is -1.55. The second-order valence-corrected chi connectivity index (χ2v) is 3.99. The van der Waals surface area contributed by atoms with Crippen LogP contribution in [0.5, 0.6) is 0 Å². The van der Waals surface area contributed by atoms with Crippen molar-refractivity contribution in [1.29, 1.82) is 0 Å². The molecule has 0 bridgehead atoms. The van der Waals surface area contributed by atoms with Gasteiger partial charge in [-0.05, 0) is 30.3 Å². The van der Waals surface area contributed by atoms with Crippen molar-refractivity contribution < 1.29 is 0 Å². The summed E-state index contributed by atoms with van der Waals surface area (Å²) < 4.78 is 0.964. The summed E-state index contributed by atoms with van der Waals surface area (Å²) in [6.45, 7) is 0. The van der Waals surface area contributed by atoms with Crippen LogP contribution >= 0.6 is 15.9 Å². The van der Waals surface area contributed by atoms with E-state index in [9.17, 15) is 0 Å². The average Bonchev–Trinajstić information content (AvgIpc) is 2.24. The Morgan fingerprint density at radius 1 is 1.20 bits per heavy atom. The second kappa shape index (κ2) is 4.31. The molecule has 0 aliphatic rings. The molecule has 0 saturated heterocycles. The Bertz CT molecular complexity index is 457. The fraction of sp³-hybridized carbons (Fsp3) is 0. The number of hydrogen-bond acceptors (Lipinski definition) is 3. The van der Waals surface area contributed by atoms with Crippen molar-refractivity contribution in [3.8, 4) is 0 Å². The van der Waals surface area contributed by atoms with Crippen LogP contribution in [-0.4, -0.2) is 4.98 Å². The lowest BCUT2D eigenvalue weighted by Crippen LogP contribution is -1.97. The van der Waals surface area contributed by atoms with Crippen LogP contribution in [0, 0.1) is 0 Å². The molecule has 0 spiro atoms. The highest BCUT2D eigenvalue weighted by molar-refractivity contribution is 9.10. The quantitative estimate of drug-likeness (QED) is 0.819. The van der Waals surface area contributed by atoms with E-state index in [1.54, 1.807) is 6.20 Å². The van der Waals surface area contributed by atoms with Crippen LogP contribution in [0.1, 0.15) is 0 Å². The summed E-state index contributed by atoms with van der Waals surface area (Å²) in [7, 11) is 0. The number of nitrogens with one attached hydrogen (secondary N) is 1. The highest BCUT2D eigenvalue weighted by atomic mass is 79.9. The zero-order chi connectivity index (χ0) is 10.7. The van der Waals surface area contributed by atoms with Crippen molar-refractivity contribution in [3.63, 3.8) is 0 Å². The van der Waals surface area contributed by atoms with E-state index in [1.807, 2.05) is 36.4 Å². The fourth-order valence-electron chi connectivity index (χ4n) is 1.22. The summed E-state index contributed by atoms with van der Waals surface area (Å²) in [5.41, 5.74) is 7.40. The van der Waals surface area contributed by atoms with Crippen LogP contribution in [0.3, 0.4) is 0 Å². The van der Waals surface area contributed by atoms with Gasteiger partial charge in [-0.1, -0.05) is 22.0 Å². The summed E-state index contributed by atoms with van der Waals surface area (Å²) in [5, 5.41) is 3.14. The third-order valence-electron chi connectivity index (χ3n) is 1.94. The minimum Gasteiger partial charge on any atom is -0.397 e. The van der Waals surface area contributed by atoms with E-state index in [0.717, 1.165) is 16.0 Å². The molecule has 15 heavy (non-hydrogen) atoms. The minimum atomic E-state index is 0.690. The smallest absolute Gasteiger partial charge is 0.130 e. The summed E-state index contributed by atoms with van der Waals surface area (Å²) in [5.74, 6) is 0.784. The van der Waals surface area contributed by atoms with E-state index < -0.39 is 0 Å². The molecule has 0 unspecified atom stereocenters. The predicted octanol–water partition coefficient (Wildman–Crippen LogP) is 3.17. The topological polar surface area (TPSA) is 50.9 Å². The molecule has 1 heterocycles. The highest BCUT2D eigenvalue weighted by Gasteiger charge is 2.00. The van der Waals surface area contributed by atoms with Gasteiger partial charge in [-0.15, -0.1) is 0 Å². The van der Waals surface area contributed by atoms with Crippen molar-refractivity contribution in [2.75, 3.05) is 11.1 Å². The maximum absolute atomic E-state index is 5.85. The number of nitrogens with zero attached hydrogens (tertiary/aromatic N) is 1. The van der Waals surface area contributed by atoms with E-state index in [0.29, 0.717) is 5.69 Å². The molecule has 1 aromatic carbocycles. The van der Waals surface area contributed by atoms with Crippen LogP contribution in [0.15, 0.2) is 47.1 Å². The molecule has 2 aromatic rings. The number of hydrogen-bond donors (Lipinski definition) is 2. The molecule has 1 aromatic heterocycles. The average molecular weight is 264 g/mol. The Balaban J connectivity index is 2.25. The number of anilines is 3. The molecule has 0 aliphatic carbocycles. The van der Waals surface area contributed by atoms with Crippen LogP contribution in [0.25, 0.3) is 0 Å². The lowest BCUT2D eigenvalue weighted by atomic mass is 10.2. The molecule has 0 aliphatic heterocycles. The molecule has 4 heteroatoms. The number of pyridine rings is 1. The number of benzene rings is 1. The third kappa shape index (κ3) is 2.47. The molecular formula is C11H10BrN3. The number of rotatable bonds is 2. The molecular weight excluding hydrogens is 254 g/mol. The summed E-state index contributed by atoms with van der Waals surface area (Å²) in [6.07, 6.45) is 1.73. The largest absolute Gasteiger partial charge is 0.397 e. The lowest BCUT2D eigenvalue weighted by Gasteiger charge is -2.08. The van der Waals surface area contributed by atoms with Crippen LogP contribution in [-0.2, 0) is 0 Å². The third-order valence-corrected chi connectivity index (χ3v) is 2.43. The molecule has 3 nitrogen and oxygen atoms in total. The first-order valence-electron chi connectivity index (χ1n) is 4.49. The van der Waals surface area contributed by atoms with Gasteiger partial charge in [0.15, 0.2) is 0 Å². The summed E-state index contributed by atoms with van der Waals surface area (Å²) in [4.78, 5) is 4.16. The number of aromatic nitrogens is 1. The van der Waals surface area contributed by atoms with Crippen LogP contribution in [0.2, 0.25) is 0 Å². The molecule has 2 rings (SSSR count). The van der Waals surface area contributed by atoms with Gasteiger partial charge in [-0.25, -0.2) is 4.98 Å². The van der Waals surface area contributed by atoms with Crippen molar-refractivity contribution in [3.05, 3.63) is 47.1 Å². The molecule has 76 valence electrons. The van der Waals surface area contributed by atoms with Gasteiger partial charge in [0.25, 0.3) is 0 Å². The maximum Gasteiger partial charge on any atom is 0.130 e. The zero-order valence-electron chi connectivity index (χ0n) is 7.94. The van der Waals surface area contributed by atoms with Gasteiger partial charge in [-0.2, -0.15) is 0 Å². The number of nitrogen functional groups attached to an aromatic ring is 1. The van der Waals surface area contributed by atoms with Gasteiger partial charge in [0.1, 0.15) is 5.82 Å². The number of nitrogens with two attached hydrogens (primary N) is 1. The number of halogens is 1. The van der Waals surface area contributed by atoms with Crippen molar-refractivity contribution in [2.24, 2.45) is 0 Å². The van der Waals surface area contributed by atoms with Crippen molar-refractivity contribution in [1.82, 2.24) is 4.98 Å². The van der Waals surface area contributed by atoms with E-state index in [2.05, 4.69) is 26.2 Å². The molecule has 0 atom stereocenters.